The zero-order chi connectivity index (χ0) is 25.6. The van der Waals surface area contributed by atoms with E-state index in [1.165, 1.54) is 33.4 Å². The predicted octanol–water partition coefficient (Wildman–Crippen LogP) is 8.48. The van der Waals surface area contributed by atoms with Gasteiger partial charge in [0.05, 0.1) is 14.2 Å². The number of hydrogen-bond acceptors (Lipinski definition) is 2. The molecule has 33 heavy (non-hydrogen) atoms. The van der Waals surface area contributed by atoms with E-state index in [2.05, 4.69) is 107 Å². The van der Waals surface area contributed by atoms with E-state index in [0.29, 0.717) is 0 Å². The third-order valence-electron chi connectivity index (χ3n) is 6.47. The summed E-state index contributed by atoms with van der Waals surface area (Å²) in [4.78, 5) is 0. The van der Waals surface area contributed by atoms with Crippen molar-refractivity contribution >= 4 is 0 Å². The molecule has 0 bridgehead atoms. The Labute approximate surface area is 204 Å². The van der Waals surface area contributed by atoms with Crippen LogP contribution in [-0.2, 0) is 28.1 Å². The minimum atomic E-state index is -0.0186. The molecule has 0 fully saturated rings. The molecule has 0 radical (unpaired) electrons. The molecule has 0 saturated carbocycles. The highest BCUT2D eigenvalue weighted by atomic mass is 16.5. The summed E-state index contributed by atoms with van der Waals surface area (Å²) in [5.41, 5.74) is 7.70. The topological polar surface area (TPSA) is 18.5 Å². The van der Waals surface area contributed by atoms with E-state index in [4.69, 9.17) is 9.47 Å². The molecule has 0 aliphatic heterocycles. The minimum absolute atomic E-state index is 0.0186. The normalized spacial score (nSPS) is 13.3. The number of ether oxygens (including phenoxy) is 2. The van der Waals surface area contributed by atoms with Gasteiger partial charge in [-0.05, 0) is 43.9 Å². The van der Waals surface area contributed by atoms with Crippen molar-refractivity contribution in [2.45, 2.75) is 111 Å². The molecule has 0 saturated heterocycles. The van der Waals surface area contributed by atoms with Crippen LogP contribution in [0.4, 0.5) is 0 Å². The molecule has 0 aliphatic rings. The van der Waals surface area contributed by atoms with Gasteiger partial charge in [-0.1, -0.05) is 107 Å². The summed E-state index contributed by atoms with van der Waals surface area (Å²) in [5.74, 6) is 1.99. The van der Waals surface area contributed by atoms with Crippen LogP contribution in [0.2, 0.25) is 0 Å². The lowest BCUT2D eigenvalue weighted by Crippen LogP contribution is -2.20. The average Bonchev–Trinajstić information content (AvgIpc) is 2.63. The largest absolute Gasteiger partial charge is 0.496 e. The van der Waals surface area contributed by atoms with Crippen molar-refractivity contribution in [2.75, 3.05) is 14.2 Å². The summed E-state index contributed by atoms with van der Waals surface area (Å²) >= 11 is 0. The Hall–Kier alpha value is -1.96. The summed E-state index contributed by atoms with van der Waals surface area (Å²) in [7, 11) is 3.60. The first-order valence-corrected chi connectivity index (χ1v) is 12.2. The standard InChI is InChI=1S/C31H48O2/c1-28(2,3)22-16-20(26(32-13)24(18-22)30(7,8)9)15-21-17-23(29(4,5)6)19-25(27(21)33-14)31(10,11)12/h16-19H,15H2,1-14H3. The smallest absolute Gasteiger partial charge is 0.126 e. The second-order valence-electron chi connectivity index (χ2n) is 13.6. The molecule has 0 amide bonds. The first-order valence-electron chi connectivity index (χ1n) is 12.2. The van der Waals surface area contributed by atoms with Gasteiger partial charge in [0, 0.05) is 17.5 Å². The summed E-state index contributed by atoms with van der Waals surface area (Å²) in [6, 6.07) is 9.36. The Morgan fingerprint density at radius 2 is 0.788 bits per heavy atom. The van der Waals surface area contributed by atoms with Gasteiger partial charge in [-0.3, -0.25) is 0 Å². The van der Waals surface area contributed by atoms with Crippen LogP contribution in [-0.4, -0.2) is 14.2 Å². The minimum Gasteiger partial charge on any atom is -0.496 e. The molecule has 0 N–H and O–H groups in total. The van der Waals surface area contributed by atoms with Crippen LogP contribution in [0.25, 0.3) is 0 Å². The summed E-state index contributed by atoms with van der Waals surface area (Å²) in [6.45, 7) is 27.3. The van der Waals surface area contributed by atoms with Crippen molar-refractivity contribution in [1.29, 1.82) is 0 Å². The molecule has 2 aromatic carbocycles. The molecule has 2 heteroatoms. The van der Waals surface area contributed by atoms with Crippen molar-refractivity contribution < 1.29 is 9.47 Å². The van der Waals surface area contributed by atoms with Gasteiger partial charge in [-0.25, -0.2) is 0 Å². The molecular weight excluding hydrogens is 404 g/mol. The molecule has 2 aromatic rings. The second-order valence-corrected chi connectivity index (χ2v) is 13.6. The van der Waals surface area contributed by atoms with E-state index in [0.717, 1.165) is 17.9 Å². The monoisotopic (exact) mass is 452 g/mol. The van der Waals surface area contributed by atoms with E-state index < -0.39 is 0 Å². The van der Waals surface area contributed by atoms with Crippen LogP contribution < -0.4 is 9.47 Å². The van der Waals surface area contributed by atoms with Crippen molar-refractivity contribution in [1.82, 2.24) is 0 Å². The number of rotatable bonds is 4. The molecule has 2 rings (SSSR count). The lowest BCUT2D eigenvalue weighted by molar-refractivity contribution is 0.387. The number of hydrogen-bond donors (Lipinski definition) is 0. The van der Waals surface area contributed by atoms with Crippen LogP contribution in [0.15, 0.2) is 24.3 Å². The summed E-state index contributed by atoms with van der Waals surface area (Å²) < 4.78 is 12.1. The first kappa shape index (κ1) is 27.3. The molecule has 184 valence electrons. The van der Waals surface area contributed by atoms with Crippen LogP contribution in [0.3, 0.4) is 0 Å². The fraction of sp³-hybridized carbons (Fsp3) is 0.613. The van der Waals surface area contributed by atoms with E-state index >= 15 is 0 Å². The van der Waals surface area contributed by atoms with Gasteiger partial charge in [0.15, 0.2) is 0 Å². The fourth-order valence-corrected chi connectivity index (χ4v) is 4.31. The van der Waals surface area contributed by atoms with E-state index in [1.54, 1.807) is 14.2 Å². The van der Waals surface area contributed by atoms with Gasteiger partial charge in [0.25, 0.3) is 0 Å². The van der Waals surface area contributed by atoms with Crippen LogP contribution in [0.5, 0.6) is 11.5 Å². The van der Waals surface area contributed by atoms with E-state index in [1.807, 2.05) is 0 Å². The van der Waals surface area contributed by atoms with Crippen LogP contribution in [0, 0.1) is 0 Å². The molecule has 0 atom stereocenters. The maximum Gasteiger partial charge on any atom is 0.126 e. The highest BCUT2D eigenvalue weighted by Gasteiger charge is 2.29. The van der Waals surface area contributed by atoms with Gasteiger partial charge in [-0.15, -0.1) is 0 Å². The highest BCUT2D eigenvalue weighted by molar-refractivity contribution is 5.55. The van der Waals surface area contributed by atoms with E-state index in [-0.39, 0.29) is 21.7 Å². The van der Waals surface area contributed by atoms with E-state index in [9.17, 15) is 0 Å². The molecule has 0 aliphatic carbocycles. The zero-order valence-electron chi connectivity index (χ0n) is 23.8. The highest BCUT2D eigenvalue weighted by Crippen LogP contribution is 2.43. The lowest BCUT2D eigenvalue weighted by Gasteiger charge is -2.31. The Kier molecular flexibility index (Phi) is 7.45. The second kappa shape index (κ2) is 9.01. The Morgan fingerprint density at radius 3 is 1.00 bits per heavy atom. The summed E-state index contributed by atoms with van der Waals surface area (Å²) in [6.07, 6.45) is 0.770. The van der Waals surface area contributed by atoms with Gasteiger partial charge in [0.2, 0.25) is 0 Å². The maximum absolute atomic E-state index is 6.07. The zero-order valence-corrected chi connectivity index (χ0v) is 23.8. The molecule has 0 spiro atoms. The Morgan fingerprint density at radius 1 is 0.485 bits per heavy atom. The van der Waals surface area contributed by atoms with Crippen LogP contribution >= 0.6 is 0 Å². The predicted molar refractivity (Wildman–Crippen MR) is 144 cm³/mol. The van der Waals surface area contributed by atoms with Gasteiger partial charge in [0.1, 0.15) is 11.5 Å². The van der Waals surface area contributed by atoms with Crippen molar-refractivity contribution in [3.8, 4) is 11.5 Å². The third-order valence-corrected chi connectivity index (χ3v) is 6.47. The van der Waals surface area contributed by atoms with Crippen LogP contribution in [0.1, 0.15) is 116 Å². The number of benzene rings is 2. The van der Waals surface area contributed by atoms with Gasteiger partial charge >= 0.3 is 0 Å². The molecule has 2 nitrogen and oxygen atoms in total. The quantitative estimate of drug-likeness (QED) is 0.463. The maximum atomic E-state index is 6.07. The third kappa shape index (κ3) is 6.14. The molecule has 0 aromatic heterocycles. The fourth-order valence-electron chi connectivity index (χ4n) is 4.31. The van der Waals surface area contributed by atoms with Gasteiger partial charge < -0.3 is 9.47 Å². The lowest BCUT2D eigenvalue weighted by atomic mass is 9.76. The Bertz CT molecular complexity index is 903. The average molecular weight is 453 g/mol. The number of methoxy groups -OCH3 is 2. The van der Waals surface area contributed by atoms with Gasteiger partial charge in [-0.2, -0.15) is 0 Å². The molecule has 0 unspecified atom stereocenters. The molecular formula is C31H48O2. The van der Waals surface area contributed by atoms with Crippen molar-refractivity contribution in [3.63, 3.8) is 0 Å². The SMILES string of the molecule is COc1c(Cc2cc(C(C)(C)C)cc(C(C)(C)C)c2OC)cc(C(C)(C)C)cc1C(C)(C)C. The first-order chi connectivity index (χ1) is 14.8. The Balaban J connectivity index is 2.89. The van der Waals surface area contributed by atoms with Crippen molar-refractivity contribution in [2.24, 2.45) is 0 Å². The summed E-state index contributed by atoms with van der Waals surface area (Å²) in [5, 5.41) is 0. The molecule has 0 heterocycles. The van der Waals surface area contributed by atoms with Crippen molar-refractivity contribution in [3.05, 3.63) is 57.6 Å².